The molecule has 7 nitrogen and oxygen atoms in total. The summed E-state index contributed by atoms with van der Waals surface area (Å²) < 4.78 is 34.3. The first-order valence-corrected chi connectivity index (χ1v) is 7.73. The minimum absolute atomic E-state index is 0.0676. The van der Waals surface area contributed by atoms with Gasteiger partial charge in [0.25, 0.3) is 0 Å². The molecule has 0 bridgehead atoms. The molecule has 0 amide bonds. The summed E-state index contributed by atoms with van der Waals surface area (Å²) in [7, 11) is -2.59. The van der Waals surface area contributed by atoms with E-state index in [9.17, 15) is 18.0 Å². The van der Waals surface area contributed by atoms with Crippen LogP contribution in [0.2, 0.25) is 0 Å². The Labute approximate surface area is 112 Å². The number of sulfonamides is 1. The highest BCUT2D eigenvalue weighted by molar-refractivity contribution is 7.89. The number of carbonyl (C=O) groups is 2. The monoisotopic (exact) mass is 293 g/mol. The van der Waals surface area contributed by atoms with Crippen molar-refractivity contribution < 1.29 is 27.5 Å². The predicted molar refractivity (Wildman–Crippen MR) is 66.7 cm³/mol. The minimum Gasteiger partial charge on any atom is -0.468 e. The fourth-order valence-electron chi connectivity index (χ4n) is 1.95. The molecule has 0 spiro atoms. The van der Waals surface area contributed by atoms with Crippen LogP contribution in [-0.4, -0.2) is 57.2 Å². The summed E-state index contributed by atoms with van der Waals surface area (Å²) in [4.78, 5) is 22.7. The standard InChI is InChI=1S/C11H19NO6S/c1-3-18-11(14)9-5-4-6-12(7-9)19(15,16)8-10(13)17-2/h9H,3-8H2,1-2H3/t9-/m0/s1. The van der Waals surface area contributed by atoms with Crippen LogP contribution in [0.4, 0.5) is 0 Å². The van der Waals surface area contributed by atoms with Gasteiger partial charge in [0.1, 0.15) is 0 Å². The molecule has 1 saturated heterocycles. The Morgan fingerprint density at radius 1 is 1.37 bits per heavy atom. The normalized spacial score (nSPS) is 20.8. The van der Waals surface area contributed by atoms with Gasteiger partial charge in [-0.1, -0.05) is 0 Å². The molecule has 0 aromatic heterocycles. The third-order valence-electron chi connectivity index (χ3n) is 2.93. The lowest BCUT2D eigenvalue weighted by Crippen LogP contribution is -2.44. The summed E-state index contributed by atoms with van der Waals surface area (Å²) >= 11 is 0. The molecule has 1 rings (SSSR count). The molecule has 19 heavy (non-hydrogen) atoms. The van der Waals surface area contributed by atoms with E-state index in [2.05, 4.69) is 4.74 Å². The Balaban J connectivity index is 2.68. The Bertz CT molecular complexity index is 432. The lowest BCUT2D eigenvalue weighted by Gasteiger charge is -2.30. The van der Waals surface area contributed by atoms with Gasteiger partial charge >= 0.3 is 11.9 Å². The topological polar surface area (TPSA) is 90.0 Å². The minimum atomic E-state index is -3.73. The Hall–Kier alpha value is -1.15. The van der Waals surface area contributed by atoms with Gasteiger partial charge in [0, 0.05) is 13.1 Å². The van der Waals surface area contributed by atoms with Crippen molar-refractivity contribution in [2.45, 2.75) is 19.8 Å². The molecule has 1 aliphatic rings. The molecular formula is C11H19NO6S. The van der Waals surface area contributed by atoms with Crippen LogP contribution in [0.25, 0.3) is 0 Å². The lowest BCUT2D eigenvalue weighted by atomic mass is 10.0. The van der Waals surface area contributed by atoms with Crippen molar-refractivity contribution in [1.82, 2.24) is 4.31 Å². The Morgan fingerprint density at radius 3 is 2.63 bits per heavy atom. The fourth-order valence-corrected chi connectivity index (χ4v) is 3.36. The van der Waals surface area contributed by atoms with Crippen LogP contribution in [0.3, 0.4) is 0 Å². The second-order valence-corrected chi connectivity index (χ2v) is 6.25. The summed E-state index contributed by atoms with van der Waals surface area (Å²) in [6.45, 7) is 2.35. The van der Waals surface area contributed by atoms with Crippen molar-refractivity contribution in [3.8, 4) is 0 Å². The average molecular weight is 293 g/mol. The molecule has 0 aromatic rings. The zero-order valence-electron chi connectivity index (χ0n) is 11.1. The number of rotatable bonds is 5. The van der Waals surface area contributed by atoms with E-state index in [1.165, 1.54) is 0 Å². The lowest BCUT2D eigenvalue weighted by molar-refractivity contribution is -0.149. The number of hydrogen-bond donors (Lipinski definition) is 0. The zero-order chi connectivity index (χ0) is 14.5. The zero-order valence-corrected chi connectivity index (χ0v) is 11.9. The van der Waals surface area contributed by atoms with Crippen LogP contribution in [0.5, 0.6) is 0 Å². The summed E-state index contributed by atoms with van der Waals surface area (Å²) in [6, 6.07) is 0. The number of esters is 2. The van der Waals surface area contributed by atoms with Gasteiger partial charge < -0.3 is 9.47 Å². The predicted octanol–water partition coefficient (Wildman–Crippen LogP) is -0.236. The molecule has 1 aliphatic heterocycles. The van der Waals surface area contributed by atoms with Gasteiger partial charge in [-0.25, -0.2) is 12.7 Å². The van der Waals surface area contributed by atoms with Crippen molar-refractivity contribution >= 4 is 22.0 Å². The maximum absolute atomic E-state index is 12.0. The molecule has 1 heterocycles. The van der Waals surface area contributed by atoms with Gasteiger partial charge in [-0.15, -0.1) is 0 Å². The SMILES string of the molecule is CCOC(=O)[C@H]1CCCN(S(=O)(=O)CC(=O)OC)C1. The quantitative estimate of drug-likeness (QED) is 0.650. The van der Waals surface area contributed by atoms with Crippen LogP contribution in [0.15, 0.2) is 0 Å². The molecule has 0 aliphatic carbocycles. The van der Waals surface area contributed by atoms with Crippen molar-refractivity contribution in [1.29, 1.82) is 0 Å². The first kappa shape index (κ1) is 15.9. The van der Waals surface area contributed by atoms with E-state index in [0.29, 0.717) is 19.4 Å². The second kappa shape index (κ2) is 6.85. The number of piperidine rings is 1. The maximum atomic E-state index is 12.0. The number of nitrogens with zero attached hydrogens (tertiary/aromatic N) is 1. The molecule has 0 saturated carbocycles. The van der Waals surface area contributed by atoms with Crippen LogP contribution in [0, 0.1) is 5.92 Å². The molecule has 0 radical (unpaired) electrons. The molecule has 0 N–H and O–H groups in total. The van der Waals surface area contributed by atoms with Crippen LogP contribution < -0.4 is 0 Å². The van der Waals surface area contributed by atoms with Crippen molar-refractivity contribution in [3.63, 3.8) is 0 Å². The number of ether oxygens (including phenoxy) is 2. The summed E-state index contributed by atoms with van der Waals surface area (Å²) in [5, 5.41) is 0. The van der Waals surface area contributed by atoms with E-state index in [4.69, 9.17) is 4.74 Å². The first-order chi connectivity index (χ1) is 8.90. The number of carbonyl (C=O) groups excluding carboxylic acids is 2. The van der Waals surface area contributed by atoms with E-state index < -0.39 is 27.7 Å². The van der Waals surface area contributed by atoms with E-state index in [0.717, 1.165) is 11.4 Å². The highest BCUT2D eigenvalue weighted by Crippen LogP contribution is 2.20. The van der Waals surface area contributed by atoms with Crippen molar-refractivity contribution in [3.05, 3.63) is 0 Å². The molecule has 8 heteroatoms. The molecule has 1 fully saturated rings. The van der Waals surface area contributed by atoms with Gasteiger partial charge in [0.15, 0.2) is 5.75 Å². The van der Waals surface area contributed by atoms with E-state index in [1.54, 1.807) is 6.92 Å². The molecule has 0 aromatic carbocycles. The third-order valence-corrected chi connectivity index (χ3v) is 4.64. The van der Waals surface area contributed by atoms with Crippen LogP contribution >= 0.6 is 0 Å². The van der Waals surface area contributed by atoms with E-state index >= 15 is 0 Å². The molecule has 110 valence electrons. The van der Waals surface area contributed by atoms with Crippen LogP contribution in [0.1, 0.15) is 19.8 Å². The first-order valence-electron chi connectivity index (χ1n) is 6.12. The van der Waals surface area contributed by atoms with Crippen molar-refractivity contribution in [2.24, 2.45) is 5.92 Å². The Kier molecular flexibility index (Phi) is 5.74. The maximum Gasteiger partial charge on any atom is 0.322 e. The van der Waals surface area contributed by atoms with E-state index in [-0.39, 0.29) is 19.1 Å². The van der Waals surface area contributed by atoms with Gasteiger partial charge in [0.05, 0.1) is 19.6 Å². The van der Waals surface area contributed by atoms with Gasteiger partial charge in [-0.3, -0.25) is 9.59 Å². The van der Waals surface area contributed by atoms with Gasteiger partial charge in [-0.2, -0.15) is 0 Å². The van der Waals surface area contributed by atoms with E-state index in [1.807, 2.05) is 0 Å². The molecular weight excluding hydrogens is 274 g/mol. The summed E-state index contributed by atoms with van der Waals surface area (Å²) in [5.41, 5.74) is 0. The highest BCUT2D eigenvalue weighted by atomic mass is 32.2. The van der Waals surface area contributed by atoms with Crippen LogP contribution in [-0.2, 0) is 29.1 Å². The van der Waals surface area contributed by atoms with Gasteiger partial charge in [-0.05, 0) is 19.8 Å². The van der Waals surface area contributed by atoms with Gasteiger partial charge in [0.2, 0.25) is 10.0 Å². The summed E-state index contributed by atoms with van der Waals surface area (Å²) in [5.74, 6) is -2.35. The van der Waals surface area contributed by atoms with Crippen molar-refractivity contribution in [2.75, 3.05) is 32.6 Å². The third kappa shape index (κ3) is 4.46. The summed E-state index contributed by atoms with van der Waals surface area (Å²) in [6.07, 6.45) is 1.17. The molecule has 0 unspecified atom stereocenters. The fraction of sp³-hybridized carbons (Fsp3) is 0.818. The second-order valence-electron chi connectivity index (χ2n) is 4.28. The molecule has 1 atom stereocenters. The largest absolute Gasteiger partial charge is 0.468 e. The number of methoxy groups -OCH3 is 1. The Morgan fingerprint density at radius 2 is 2.05 bits per heavy atom. The smallest absolute Gasteiger partial charge is 0.322 e. The highest BCUT2D eigenvalue weighted by Gasteiger charge is 2.34. The number of hydrogen-bond acceptors (Lipinski definition) is 6. The average Bonchev–Trinajstić information content (AvgIpc) is 2.38.